The molecule has 1 spiro atoms. The first-order chi connectivity index (χ1) is 11.4. The van der Waals surface area contributed by atoms with Crippen molar-refractivity contribution in [2.24, 2.45) is 0 Å². The summed E-state index contributed by atoms with van der Waals surface area (Å²) in [6.07, 6.45) is 6.23. The van der Waals surface area contributed by atoms with Crippen LogP contribution in [0.3, 0.4) is 0 Å². The maximum atomic E-state index is 5.95. The van der Waals surface area contributed by atoms with Crippen LogP contribution in [-0.2, 0) is 9.47 Å². The van der Waals surface area contributed by atoms with E-state index in [0.717, 1.165) is 12.8 Å². The van der Waals surface area contributed by atoms with E-state index in [9.17, 15) is 0 Å². The van der Waals surface area contributed by atoms with Gasteiger partial charge in [0.25, 0.3) is 0 Å². The van der Waals surface area contributed by atoms with E-state index in [4.69, 9.17) is 9.47 Å². The summed E-state index contributed by atoms with van der Waals surface area (Å²) in [7, 11) is 0. The van der Waals surface area contributed by atoms with Crippen molar-refractivity contribution >= 4 is 21.8 Å². The summed E-state index contributed by atoms with van der Waals surface area (Å²) in [6.45, 7) is 1.40. The number of hydrogen-bond acceptors (Lipinski definition) is 2. The molecule has 2 heterocycles. The van der Waals surface area contributed by atoms with Crippen LogP contribution < -0.4 is 0 Å². The third kappa shape index (κ3) is 1.97. The van der Waals surface area contributed by atoms with Crippen LogP contribution in [0.5, 0.6) is 0 Å². The summed E-state index contributed by atoms with van der Waals surface area (Å²) in [5, 5.41) is 2.62. The van der Waals surface area contributed by atoms with Crippen LogP contribution in [0.1, 0.15) is 18.9 Å². The molecule has 0 saturated carbocycles. The van der Waals surface area contributed by atoms with Crippen LogP contribution in [0, 0.1) is 0 Å². The van der Waals surface area contributed by atoms with Crippen LogP contribution in [0.4, 0.5) is 0 Å². The van der Waals surface area contributed by atoms with Gasteiger partial charge in [-0.15, -0.1) is 0 Å². The van der Waals surface area contributed by atoms with Gasteiger partial charge in [0.1, 0.15) is 0 Å². The van der Waals surface area contributed by atoms with E-state index in [-0.39, 0.29) is 6.04 Å². The van der Waals surface area contributed by atoms with E-state index in [1.165, 1.54) is 21.8 Å². The smallest absolute Gasteiger partial charge is 0.174 e. The molecule has 2 aromatic carbocycles. The highest BCUT2D eigenvalue weighted by Crippen LogP contribution is 2.41. The van der Waals surface area contributed by atoms with E-state index in [0.29, 0.717) is 13.2 Å². The second kappa shape index (κ2) is 4.95. The van der Waals surface area contributed by atoms with Crippen LogP contribution in [0.25, 0.3) is 21.8 Å². The van der Waals surface area contributed by atoms with E-state index in [1.54, 1.807) is 0 Å². The minimum atomic E-state index is -0.425. The molecule has 1 unspecified atom stereocenters. The van der Waals surface area contributed by atoms with Crippen molar-refractivity contribution in [3.8, 4) is 0 Å². The van der Waals surface area contributed by atoms with Gasteiger partial charge < -0.3 is 14.0 Å². The number of para-hydroxylation sites is 2. The third-order valence-corrected chi connectivity index (χ3v) is 5.07. The zero-order valence-corrected chi connectivity index (χ0v) is 12.9. The first-order valence-corrected chi connectivity index (χ1v) is 8.29. The number of aromatic nitrogens is 1. The largest absolute Gasteiger partial charge is 0.347 e. The predicted octanol–water partition coefficient (Wildman–Crippen LogP) is 4.43. The van der Waals surface area contributed by atoms with Crippen LogP contribution in [0.2, 0.25) is 0 Å². The van der Waals surface area contributed by atoms with Gasteiger partial charge in [-0.1, -0.05) is 48.6 Å². The van der Waals surface area contributed by atoms with Crippen molar-refractivity contribution < 1.29 is 9.47 Å². The first kappa shape index (κ1) is 13.3. The van der Waals surface area contributed by atoms with Crippen molar-refractivity contribution in [3.63, 3.8) is 0 Å². The number of benzene rings is 2. The number of fused-ring (bicyclic) bond motifs is 3. The molecular weight excluding hydrogens is 286 g/mol. The number of hydrogen-bond donors (Lipinski definition) is 0. The maximum absolute atomic E-state index is 5.95. The van der Waals surface area contributed by atoms with Gasteiger partial charge >= 0.3 is 0 Å². The third-order valence-electron chi connectivity index (χ3n) is 5.07. The van der Waals surface area contributed by atoms with Crippen molar-refractivity contribution in [1.82, 2.24) is 4.57 Å². The molecule has 0 N–H and O–H groups in total. The lowest BCUT2D eigenvalue weighted by atomic mass is 9.95. The molecule has 116 valence electrons. The molecule has 1 aliphatic heterocycles. The number of ether oxygens (including phenoxy) is 2. The maximum Gasteiger partial charge on any atom is 0.174 e. The Kier molecular flexibility index (Phi) is 2.87. The lowest BCUT2D eigenvalue weighted by molar-refractivity contribution is -0.166. The summed E-state index contributed by atoms with van der Waals surface area (Å²) >= 11 is 0. The van der Waals surface area contributed by atoms with Gasteiger partial charge in [0, 0.05) is 34.6 Å². The molecule has 1 atom stereocenters. The number of rotatable bonds is 1. The topological polar surface area (TPSA) is 23.4 Å². The average molecular weight is 305 g/mol. The molecule has 1 fully saturated rings. The Balaban J connectivity index is 1.72. The fraction of sp³-hybridized carbons (Fsp3) is 0.300. The minimum absolute atomic E-state index is 0.256. The molecule has 0 amide bonds. The zero-order valence-electron chi connectivity index (χ0n) is 12.9. The molecule has 1 aliphatic carbocycles. The highest BCUT2D eigenvalue weighted by atomic mass is 16.7. The minimum Gasteiger partial charge on any atom is -0.347 e. The van der Waals surface area contributed by atoms with Gasteiger partial charge in [0.05, 0.1) is 19.3 Å². The molecule has 0 bridgehead atoms. The summed E-state index contributed by atoms with van der Waals surface area (Å²) in [5.41, 5.74) is 2.55. The van der Waals surface area contributed by atoms with Crippen LogP contribution in [-0.4, -0.2) is 23.6 Å². The van der Waals surface area contributed by atoms with E-state index >= 15 is 0 Å². The SMILES string of the molecule is C1=CC(n2c3ccccc3c3ccccc32)CC2(C1)OCCO2. The highest BCUT2D eigenvalue weighted by Gasteiger charge is 2.40. The van der Waals surface area contributed by atoms with Gasteiger partial charge in [-0.3, -0.25) is 0 Å². The molecule has 0 radical (unpaired) electrons. The fourth-order valence-corrected chi connectivity index (χ4v) is 4.09. The monoisotopic (exact) mass is 305 g/mol. The normalized spacial score (nSPS) is 23.2. The molecule has 2 aliphatic rings. The van der Waals surface area contributed by atoms with Gasteiger partial charge in [0.2, 0.25) is 0 Å². The average Bonchev–Trinajstić information content (AvgIpc) is 3.17. The Morgan fingerprint density at radius 1 is 0.870 bits per heavy atom. The van der Waals surface area contributed by atoms with E-state index in [2.05, 4.69) is 65.3 Å². The van der Waals surface area contributed by atoms with Crippen molar-refractivity contribution in [3.05, 3.63) is 60.7 Å². The van der Waals surface area contributed by atoms with Crippen molar-refractivity contribution in [1.29, 1.82) is 0 Å². The fourth-order valence-electron chi connectivity index (χ4n) is 4.09. The quantitative estimate of drug-likeness (QED) is 0.621. The zero-order chi connectivity index (χ0) is 15.3. The molecule has 3 nitrogen and oxygen atoms in total. The Morgan fingerprint density at radius 3 is 2.13 bits per heavy atom. The van der Waals surface area contributed by atoms with Crippen LogP contribution >= 0.6 is 0 Å². The molecule has 3 heteroatoms. The molecule has 1 aromatic heterocycles. The summed E-state index contributed by atoms with van der Waals surface area (Å²) in [4.78, 5) is 0. The number of allylic oxidation sites excluding steroid dienone is 1. The van der Waals surface area contributed by atoms with E-state index < -0.39 is 5.79 Å². The van der Waals surface area contributed by atoms with Gasteiger partial charge in [0.15, 0.2) is 5.79 Å². The van der Waals surface area contributed by atoms with Gasteiger partial charge in [-0.2, -0.15) is 0 Å². The standard InChI is InChI=1S/C20H19NO2/c1-3-9-18-16(7-1)17-8-2-4-10-19(17)21(18)15-6-5-11-20(14-15)22-12-13-23-20/h1-10,15H,11-14H2. The van der Waals surface area contributed by atoms with Crippen LogP contribution in [0.15, 0.2) is 60.7 Å². The lowest BCUT2D eigenvalue weighted by Crippen LogP contribution is -2.35. The van der Waals surface area contributed by atoms with E-state index in [1.807, 2.05) is 0 Å². The lowest BCUT2D eigenvalue weighted by Gasteiger charge is -2.34. The summed E-state index contributed by atoms with van der Waals surface area (Å²) in [5.74, 6) is -0.425. The Morgan fingerprint density at radius 2 is 1.48 bits per heavy atom. The highest BCUT2D eigenvalue weighted by molar-refractivity contribution is 6.08. The van der Waals surface area contributed by atoms with Gasteiger partial charge in [-0.05, 0) is 12.1 Å². The summed E-state index contributed by atoms with van der Waals surface area (Å²) < 4.78 is 14.3. The second-order valence-corrected chi connectivity index (χ2v) is 6.42. The Bertz CT molecular complexity index is 849. The molecular formula is C20H19NO2. The Hall–Kier alpha value is -2.10. The molecule has 23 heavy (non-hydrogen) atoms. The Labute approximate surface area is 135 Å². The van der Waals surface area contributed by atoms with Gasteiger partial charge in [-0.25, -0.2) is 0 Å². The molecule has 1 saturated heterocycles. The van der Waals surface area contributed by atoms with Crippen molar-refractivity contribution in [2.45, 2.75) is 24.7 Å². The summed E-state index contributed by atoms with van der Waals surface area (Å²) in [6, 6.07) is 17.5. The number of nitrogens with zero attached hydrogens (tertiary/aromatic N) is 1. The second-order valence-electron chi connectivity index (χ2n) is 6.42. The molecule has 5 rings (SSSR count). The molecule has 3 aromatic rings. The predicted molar refractivity (Wildman–Crippen MR) is 91.5 cm³/mol. The first-order valence-electron chi connectivity index (χ1n) is 8.29. The van der Waals surface area contributed by atoms with Crippen molar-refractivity contribution in [2.75, 3.05) is 13.2 Å².